The lowest BCUT2D eigenvalue weighted by Crippen LogP contribution is -2.50. The number of methoxy groups -OCH3 is 1. The summed E-state index contributed by atoms with van der Waals surface area (Å²) in [6.45, 7) is 6.96. The van der Waals surface area contributed by atoms with E-state index < -0.39 is 0 Å². The van der Waals surface area contributed by atoms with Crippen molar-refractivity contribution >= 4 is 29.0 Å². The summed E-state index contributed by atoms with van der Waals surface area (Å²) < 4.78 is 5.33. The Bertz CT molecular complexity index is 784. The van der Waals surface area contributed by atoms with Crippen LogP contribution in [0.25, 0.3) is 0 Å². The van der Waals surface area contributed by atoms with Gasteiger partial charge in [0, 0.05) is 43.0 Å². The Labute approximate surface area is 159 Å². The molecule has 0 radical (unpaired) electrons. The SMILES string of the molecule is COc1cc(Cl)c(C)cc1NC(=O)N1CCN(c2ccc(C)cc2)CC1. The Morgan fingerprint density at radius 1 is 1.08 bits per heavy atom. The van der Waals surface area contributed by atoms with E-state index in [2.05, 4.69) is 41.4 Å². The van der Waals surface area contributed by atoms with Crippen LogP contribution in [0.15, 0.2) is 36.4 Å². The quantitative estimate of drug-likeness (QED) is 0.871. The average Bonchev–Trinajstić information content (AvgIpc) is 2.65. The van der Waals surface area contributed by atoms with E-state index in [1.807, 2.05) is 17.9 Å². The molecule has 1 N–H and O–H groups in total. The van der Waals surface area contributed by atoms with E-state index in [1.165, 1.54) is 11.3 Å². The molecule has 2 aromatic carbocycles. The molecule has 3 rings (SSSR count). The molecule has 0 saturated carbocycles. The van der Waals surface area contributed by atoms with Gasteiger partial charge in [0.2, 0.25) is 0 Å². The number of carbonyl (C=O) groups is 1. The van der Waals surface area contributed by atoms with Gasteiger partial charge in [-0.2, -0.15) is 0 Å². The highest BCUT2D eigenvalue weighted by molar-refractivity contribution is 6.31. The molecule has 0 aliphatic carbocycles. The van der Waals surface area contributed by atoms with Crippen LogP contribution in [0.4, 0.5) is 16.2 Å². The fourth-order valence-corrected chi connectivity index (χ4v) is 3.20. The van der Waals surface area contributed by atoms with Crippen LogP contribution < -0.4 is 15.0 Å². The second-order valence-electron chi connectivity index (χ2n) is 6.54. The van der Waals surface area contributed by atoms with Gasteiger partial charge in [-0.1, -0.05) is 29.3 Å². The number of aryl methyl sites for hydroxylation is 2. The summed E-state index contributed by atoms with van der Waals surface area (Å²) in [5, 5.41) is 3.56. The maximum absolute atomic E-state index is 12.6. The van der Waals surface area contributed by atoms with E-state index in [0.717, 1.165) is 18.7 Å². The molecule has 0 aromatic heterocycles. The lowest BCUT2D eigenvalue weighted by Gasteiger charge is -2.36. The monoisotopic (exact) mass is 373 g/mol. The number of hydrogen-bond donors (Lipinski definition) is 1. The minimum absolute atomic E-state index is 0.117. The van der Waals surface area contributed by atoms with Gasteiger partial charge in [-0.25, -0.2) is 4.79 Å². The van der Waals surface area contributed by atoms with Crippen molar-refractivity contribution in [2.24, 2.45) is 0 Å². The molecule has 0 unspecified atom stereocenters. The van der Waals surface area contributed by atoms with Gasteiger partial charge >= 0.3 is 6.03 Å². The minimum Gasteiger partial charge on any atom is -0.495 e. The van der Waals surface area contributed by atoms with Crippen LogP contribution in [0.1, 0.15) is 11.1 Å². The highest BCUT2D eigenvalue weighted by Gasteiger charge is 2.22. The lowest BCUT2D eigenvalue weighted by molar-refractivity contribution is 0.208. The van der Waals surface area contributed by atoms with Crippen LogP contribution in [0.2, 0.25) is 5.02 Å². The van der Waals surface area contributed by atoms with Gasteiger partial charge in [0.05, 0.1) is 12.8 Å². The molecule has 0 atom stereocenters. The first-order chi connectivity index (χ1) is 12.5. The number of carbonyl (C=O) groups excluding carboxylic acids is 1. The Morgan fingerprint density at radius 2 is 1.73 bits per heavy atom. The molecule has 1 heterocycles. The number of rotatable bonds is 3. The Kier molecular flexibility index (Phi) is 5.57. The van der Waals surface area contributed by atoms with Gasteiger partial charge < -0.3 is 19.9 Å². The number of urea groups is 1. The fraction of sp³-hybridized carbons (Fsp3) is 0.350. The third-order valence-corrected chi connectivity index (χ3v) is 5.10. The number of nitrogens with one attached hydrogen (secondary N) is 1. The molecule has 1 aliphatic rings. The summed E-state index contributed by atoms with van der Waals surface area (Å²) in [4.78, 5) is 16.8. The topological polar surface area (TPSA) is 44.8 Å². The van der Waals surface area contributed by atoms with Crippen molar-refractivity contribution in [3.63, 3.8) is 0 Å². The van der Waals surface area contributed by atoms with Crippen molar-refractivity contribution in [2.45, 2.75) is 13.8 Å². The number of benzene rings is 2. The summed E-state index contributed by atoms with van der Waals surface area (Å²) in [6, 6.07) is 11.9. The lowest BCUT2D eigenvalue weighted by atomic mass is 10.2. The van der Waals surface area contributed by atoms with Gasteiger partial charge in [-0.3, -0.25) is 0 Å². The first kappa shape index (κ1) is 18.4. The second-order valence-corrected chi connectivity index (χ2v) is 6.95. The molecule has 1 fully saturated rings. The van der Waals surface area contributed by atoms with Crippen molar-refractivity contribution in [1.29, 1.82) is 0 Å². The Morgan fingerprint density at radius 3 is 2.35 bits per heavy atom. The molecule has 5 nitrogen and oxygen atoms in total. The number of amides is 2. The molecule has 26 heavy (non-hydrogen) atoms. The Balaban J connectivity index is 1.62. The minimum atomic E-state index is -0.117. The molecule has 1 saturated heterocycles. The van der Waals surface area contributed by atoms with Crippen LogP contribution in [-0.4, -0.2) is 44.2 Å². The zero-order chi connectivity index (χ0) is 18.7. The maximum atomic E-state index is 12.6. The standard InChI is InChI=1S/C20H24ClN3O2/c1-14-4-6-16(7-5-14)23-8-10-24(11-9-23)20(25)22-18-12-15(2)17(21)13-19(18)26-3/h4-7,12-13H,8-11H2,1-3H3,(H,22,25). The number of anilines is 2. The summed E-state index contributed by atoms with van der Waals surface area (Å²) in [7, 11) is 1.57. The van der Waals surface area contributed by atoms with E-state index in [-0.39, 0.29) is 6.03 Å². The fourth-order valence-electron chi connectivity index (χ4n) is 3.05. The molecule has 2 amide bonds. The number of nitrogens with zero attached hydrogens (tertiary/aromatic N) is 2. The van der Waals surface area contributed by atoms with Crippen LogP contribution in [-0.2, 0) is 0 Å². The normalized spacial score (nSPS) is 14.3. The zero-order valence-corrected chi connectivity index (χ0v) is 16.1. The third-order valence-electron chi connectivity index (χ3n) is 4.69. The van der Waals surface area contributed by atoms with Gasteiger partial charge in [0.25, 0.3) is 0 Å². The summed E-state index contributed by atoms with van der Waals surface area (Å²) in [6.07, 6.45) is 0. The van der Waals surface area contributed by atoms with Gasteiger partial charge in [-0.15, -0.1) is 0 Å². The number of halogens is 1. The zero-order valence-electron chi connectivity index (χ0n) is 15.4. The molecule has 0 spiro atoms. The molecule has 138 valence electrons. The molecule has 2 aromatic rings. The van der Waals surface area contributed by atoms with E-state index in [1.54, 1.807) is 13.2 Å². The van der Waals surface area contributed by atoms with Crippen molar-refractivity contribution in [3.05, 3.63) is 52.5 Å². The highest BCUT2D eigenvalue weighted by Crippen LogP contribution is 2.31. The van der Waals surface area contributed by atoms with Crippen LogP contribution in [0.3, 0.4) is 0 Å². The summed E-state index contributed by atoms with van der Waals surface area (Å²) in [5.74, 6) is 0.562. The molecular formula is C20H24ClN3O2. The number of hydrogen-bond acceptors (Lipinski definition) is 3. The van der Waals surface area contributed by atoms with Gasteiger partial charge in [0.1, 0.15) is 5.75 Å². The second kappa shape index (κ2) is 7.87. The molecular weight excluding hydrogens is 350 g/mol. The first-order valence-corrected chi connectivity index (χ1v) is 9.07. The van der Waals surface area contributed by atoms with E-state index >= 15 is 0 Å². The Hall–Kier alpha value is -2.40. The van der Waals surface area contributed by atoms with Gasteiger partial charge in [0.15, 0.2) is 0 Å². The van der Waals surface area contributed by atoms with Crippen LogP contribution in [0.5, 0.6) is 5.75 Å². The average molecular weight is 374 g/mol. The van der Waals surface area contributed by atoms with Crippen molar-refractivity contribution in [3.8, 4) is 5.75 Å². The van der Waals surface area contributed by atoms with E-state index in [9.17, 15) is 4.79 Å². The highest BCUT2D eigenvalue weighted by atomic mass is 35.5. The van der Waals surface area contributed by atoms with E-state index in [4.69, 9.17) is 16.3 Å². The summed E-state index contributed by atoms with van der Waals surface area (Å²) >= 11 is 6.13. The molecule has 1 aliphatic heterocycles. The third kappa shape index (κ3) is 4.05. The molecule has 6 heteroatoms. The summed E-state index contributed by atoms with van der Waals surface area (Å²) in [5.41, 5.74) is 3.98. The van der Waals surface area contributed by atoms with Gasteiger partial charge in [-0.05, 0) is 37.6 Å². The van der Waals surface area contributed by atoms with Crippen molar-refractivity contribution < 1.29 is 9.53 Å². The van der Waals surface area contributed by atoms with E-state index in [0.29, 0.717) is 29.5 Å². The number of piperazine rings is 1. The number of ether oxygens (including phenoxy) is 1. The van der Waals surface area contributed by atoms with Crippen molar-refractivity contribution in [1.82, 2.24) is 4.90 Å². The van der Waals surface area contributed by atoms with Crippen molar-refractivity contribution in [2.75, 3.05) is 43.5 Å². The first-order valence-electron chi connectivity index (χ1n) is 8.69. The predicted molar refractivity (Wildman–Crippen MR) is 107 cm³/mol. The molecule has 0 bridgehead atoms. The van der Waals surface area contributed by atoms with Crippen LogP contribution in [0, 0.1) is 13.8 Å². The maximum Gasteiger partial charge on any atom is 0.322 e. The predicted octanol–water partition coefficient (Wildman–Crippen LogP) is 4.32. The largest absolute Gasteiger partial charge is 0.495 e. The van der Waals surface area contributed by atoms with Crippen LogP contribution >= 0.6 is 11.6 Å². The smallest absolute Gasteiger partial charge is 0.322 e.